The molecule has 0 spiro atoms. The number of hydrogen-bond acceptors (Lipinski definition) is 3. The van der Waals surface area contributed by atoms with Crippen molar-refractivity contribution >= 4 is 5.69 Å². The molecule has 1 aromatic rings. The summed E-state index contributed by atoms with van der Waals surface area (Å²) in [6.07, 6.45) is 3.75. The van der Waals surface area contributed by atoms with E-state index in [1.54, 1.807) is 0 Å². The molecule has 1 aromatic heterocycles. The normalized spacial score (nSPS) is 12.5. The van der Waals surface area contributed by atoms with Crippen molar-refractivity contribution in [1.29, 1.82) is 0 Å². The topological polar surface area (TPSA) is 42.1 Å². The van der Waals surface area contributed by atoms with Crippen molar-refractivity contribution < 1.29 is 0 Å². The molecule has 0 aromatic carbocycles. The molecule has 84 valence electrons. The van der Waals surface area contributed by atoms with Crippen molar-refractivity contribution in [3.8, 4) is 0 Å². The van der Waals surface area contributed by atoms with E-state index in [4.69, 9.17) is 5.73 Å². The number of pyridine rings is 1. The van der Waals surface area contributed by atoms with Crippen LogP contribution < -0.4 is 10.6 Å². The van der Waals surface area contributed by atoms with Crippen molar-refractivity contribution in [2.75, 3.05) is 24.5 Å². The zero-order valence-corrected chi connectivity index (χ0v) is 9.90. The van der Waals surface area contributed by atoms with Gasteiger partial charge in [0.2, 0.25) is 0 Å². The van der Waals surface area contributed by atoms with Crippen LogP contribution in [0, 0.1) is 12.8 Å². The smallest absolute Gasteiger partial charge is 0.0426 e. The summed E-state index contributed by atoms with van der Waals surface area (Å²) in [6, 6.07) is 2.07. The van der Waals surface area contributed by atoms with E-state index in [0.717, 1.165) is 19.6 Å². The lowest BCUT2D eigenvalue weighted by atomic mass is 10.1. The summed E-state index contributed by atoms with van der Waals surface area (Å²) in [5, 5.41) is 0. The molecule has 0 amide bonds. The van der Waals surface area contributed by atoms with Gasteiger partial charge in [-0.15, -0.1) is 0 Å². The first-order chi connectivity index (χ1) is 7.19. The maximum absolute atomic E-state index is 5.65. The predicted octanol–water partition coefficient (Wildman–Crippen LogP) is 1.81. The van der Waals surface area contributed by atoms with Crippen molar-refractivity contribution in [3.05, 3.63) is 24.0 Å². The molecule has 15 heavy (non-hydrogen) atoms. The fraction of sp³-hybridized carbons (Fsp3) is 0.583. The first-order valence-electron chi connectivity index (χ1n) is 5.54. The molecule has 0 radical (unpaired) electrons. The maximum Gasteiger partial charge on any atom is 0.0426 e. The van der Waals surface area contributed by atoms with Crippen LogP contribution in [0.15, 0.2) is 18.5 Å². The Balaban J connectivity index is 2.78. The molecule has 1 atom stereocenters. The number of anilines is 1. The molecule has 0 fully saturated rings. The second-order valence-electron chi connectivity index (χ2n) is 4.04. The summed E-state index contributed by atoms with van der Waals surface area (Å²) in [5.41, 5.74) is 8.15. The Morgan fingerprint density at radius 1 is 1.53 bits per heavy atom. The lowest BCUT2D eigenvalue weighted by molar-refractivity contribution is 0.575. The molecular formula is C12H21N3. The third-order valence-corrected chi connectivity index (χ3v) is 2.65. The Morgan fingerprint density at radius 2 is 2.27 bits per heavy atom. The standard InChI is InChI=1S/C12H21N3/c1-4-15(9-10(2)7-13)12-5-6-14-8-11(12)3/h5-6,8,10H,4,7,9,13H2,1-3H3. The number of aryl methyl sites for hydroxylation is 1. The molecule has 3 nitrogen and oxygen atoms in total. The van der Waals surface area contributed by atoms with Crippen LogP contribution in [0.2, 0.25) is 0 Å². The van der Waals surface area contributed by atoms with Crippen LogP contribution in [0.1, 0.15) is 19.4 Å². The van der Waals surface area contributed by atoms with Crippen LogP contribution in [0.25, 0.3) is 0 Å². The largest absolute Gasteiger partial charge is 0.371 e. The summed E-state index contributed by atoms with van der Waals surface area (Å²) >= 11 is 0. The zero-order valence-electron chi connectivity index (χ0n) is 9.90. The molecule has 0 aliphatic carbocycles. The quantitative estimate of drug-likeness (QED) is 0.800. The van der Waals surface area contributed by atoms with Crippen LogP contribution in [0.4, 0.5) is 5.69 Å². The first kappa shape index (κ1) is 12.0. The molecule has 3 heteroatoms. The molecule has 0 aliphatic heterocycles. The lowest BCUT2D eigenvalue weighted by Crippen LogP contribution is -2.31. The van der Waals surface area contributed by atoms with E-state index < -0.39 is 0 Å². The maximum atomic E-state index is 5.65. The predicted molar refractivity (Wildman–Crippen MR) is 65.1 cm³/mol. The molecule has 1 rings (SSSR count). The van der Waals surface area contributed by atoms with Gasteiger partial charge in [-0.25, -0.2) is 0 Å². The number of nitrogens with zero attached hydrogens (tertiary/aromatic N) is 2. The van der Waals surface area contributed by atoms with E-state index in [1.165, 1.54) is 11.3 Å². The van der Waals surface area contributed by atoms with Crippen LogP contribution in [-0.4, -0.2) is 24.6 Å². The summed E-state index contributed by atoms with van der Waals surface area (Å²) in [7, 11) is 0. The summed E-state index contributed by atoms with van der Waals surface area (Å²) in [5.74, 6) is 0.525. The van der Waals surface area contributed by atoms with Crippen molar-refractivity contribution in [3.63, 3.8) is 0 Å². The van der Waals surface area contributed by atoms with Gasteiger partial charge < -0.3 is 10.6 Å². The highest BCUT2D eigenvalue weighted by Gasteiger charge is 2.10. The van der Waals surface area contributed by atoms with Gasteiger partial charge in [-0.3, -0.25) is 4.98 Å². The number of nitrogens with two attached hydrogens (primary N) is 1. The third kappa shape index (κ3) is 3.20. The van der Waals surface area contributed by atoms with Gasteiger partial charge >= 0.3 is 0 Å². The summed E-state index contributed by atoms with van der Waals surface area (Å²) in [6.45, 7) is 9.20. The van der Waals surface area contributed by atoms with E-state index in [2.05, 4.69) is 36.7 Å². The average Bonchev–Trinajstić information content (AvgIpc) is 2.26. The minimum Gasteiger partial charge on any atom is -0.371 e. The van der Waals surface area contributed by atoms with Crippen LogP contribution >= 0.6 is 0 Å². The highest BCUT2D eigenvalue weighted by molar-refractivity contribution is 5.51. The average molecular weight is 207 g/mol. The number of rotatable bonds is 5. The number of aromatic nitrogens is 1. The fourth-order valence-electron chi connectivity index (χ4n) is 1.67. The molecular weight excluding hydrogens is 186 g/mol. The van der Waals surface area contributed by atoms with Gasteiger partial charge in [0.15, 0.2) is 0 Å². The zero-order chi connectivity index (χ0) is 11.3. The van der Waals surface area contributed by atoms with E-state index in [-0.39, 0.29) is 0 Å². The van der Waals surface area contributed by atoms with Gasteiger partial charge in [0.1, 0.15) is 0 Å². The third-order valence-electron chi connectivity index (χ3n) is 2.65. The Kier molecular flexibility index (Phi) is 4.56. The van der Waals surface area contributed by atoms with Gasteiger partial charge in [0.05, 0.1) is 0 Å². The van der Waals surface area contributed by atoms with E-state index in [0.29, 0.717) is 5.92 Å². The minimum absolute atomic E-state index is 0.525. The molecule has 0 bridgehead atoms. The highest BCUT2D eigenvalue weighted by Crippen LogP contribution is 2.18. The summed E-state index contributed by atoms with van der Waals surface area (Å²) in [4.78, 5) is 6.47. The summed E-state index contributed by atoms with van der Waals surface area (Å²) < 4.78 is 0. The molecule has 0 saturated carbocycles. The van der Waals surface area contributed by atoms with Crippen LogP contribution in [0.5, 0.6) is 0 Å². The molecule has 0 aliphatic rings. The van der Waals surface area contributed by atoms with Crippen molar-refractivity contribution in [2.24, 2.45) is 11.7 Å². The lowest BCUT2D eigenvalue weighted by Gasteiger charge is -2.27. The Labute approximate surface area is 92.3 Å². The number of hydrogen-bond donors (Lipinski definition) is 1. The fourth-order valence-corrected chi connectivity index (χ4v) is 1.67. The van der Waals surface area contributed by atoms with E-state index in [9.17, 15) is 0 Å². The molecule has 1 heterocycles. The van der Waals surface area contributed by atoms with Gasteiger partial charge in [0, 0.05) is 31.2 Å². The van der Waals surface area contributed by atoms with E-state index in [1.807, 2.05) is 12.4 Å². The second kappa shape index (κ2) is 5.71. The molecule has 0 saturated heterocycles. The Bertz CT molecular complexity index is 299. The van der Waals surface area contributed by atoms with Gasteiger partial charge in [0.25, 0.3) is 0 Å². The van der Waals surface area contributed by atoms with Crippen molar-refractivity contribution in [2.45, 2.75) is 20.8 Å². The molecule has 2 N–H and O–H groups in total. The second-order valence-corrected chi connectivity index (χ2v) is 4.04. The monoisotopic (exact) mass is 207 g/mol. The Hall–Kier alpha value is -1.09. The van der Waals surface area contributed by atoms with Crippen LogP contribution in [-0.2, 0) is 0 Å². The Morgan fingerprint density at radius 3 is 2.80 bits per heavy atom. The van der Waals surface area contributed by atoms with Gasteiger partial charge in [-0.05, 0) is 37.9 Å². The SMILES string of the molecule is CCN(CC(C)CN)c1ccncc1C. The van der Waals surface area contributed by atoms with E-state index >= 15 is 0 Å². The highest BCUT2D eigenvalue weighted by atomic mass is 15.1. The van der Waals surface area contributed by atoms with Crippen LogP contribution in [0.3, 0.4) is 0 Å². The van der Waals surface area contributed by atoms with Gasteiger partial charge in [-0.1, -0.05) is 6.92 Å². The molecule has 1 unspecified atom stereocenters. The first-order valence-corrected chi connectivity index (χ1v) is 5.54. The minimum atomic E-state index is 0.525. The van der Waals surface area contributed by atoms with Gasteiger partial charge in [-0.2, -0.15) is 0 Å². The van der Waals surface area contributed by atoms with Crippen molar-refractivity contribution in [1.82, 2.24) is 4.98 Å².